The van der Waals surface area contributed by atoms with Crippen LogP contribution in [0.5, 0.6) is 0 Å². The molecular formula is C13H16ClN3O4. The minimum atomic E-state index is -1.11. The zero-order valence-electron chi connectivity index (χ0n) is 11.3. The molecule has 7 nitrogen and oxygen atoms in total. The fourth-order valence-electron chi connectivity index (χ4n) is 2.24. The molecule has 1 aromatic rings. The van der Waals surface area contributed by atoms with Gasteiger partial charge in [-0.2, -0.15) is 0 Å². The maximum atomic E-state index is 12.2. The Labute approximate surface area is 126 Å². The number of piperidine rings is 1. The van der Waals surface area contributed by atoms with Crippen LogP contribution in [0.15, 0.2) is 12.3 Å². The molecule has 1 amide bonds. The summed E-state index contributed by atoms with van der Waals surface area (Å²) >= 11 is 5.98. The monoisotopic (exact) mass is 313 g/mol. The second kappa shape index (κ2) is 6.73. The standard InChI is InChI=1S/C13H16ClN3O4/c14-9-6-8(13(20)21)7-15-11(9)16-10-2-1-3-17(4-5-18)12(10)19/h6-7,10,18H,1-5H2,(H,15,16)(H,20,21). The van der Waals surface area contributed by atoms with E-state index >= 15 is 0 Å². The van der Waals surface area contributed by atoms with Gasteiger partial charge in [-0.15, -0.1) is 0 Å². The Morgan fingerprint density at radius 1 is 1.57 bits per heavy atom. The van der Waals surface area contributed by atoms with E-state index < -0.39 is 12.0 Å². The molecule has 0 radical (unpaired) electrons. The Morgan fingerprint density at radius 2 is 2.33 bits per heavy atom. The van der Waals surface area contributed by atoms with Gasteiger partial charge in [-0.25, -0.2) is 9.78 Å². The molecule has 0 bridgehead atoms. The van der Waals surface area contributed by atoms with Crippen molar-refractivity contribution in [2.24, 2.45) is 0 Å². The number of β-amino-alcohol motifs (C(OH)–C–C–N with tert-alkyl or cyclic N) is 1. The van der Waals surface area contributed by atoms with E-state index in [1.807, 2.05) is 0 Å². The lowest BCUT2D eigenvalue weighted by Crippen LogP contribution is -2.48. The highest BCUT2D eigenvalue weighted by Gasteiger charge is 2.29. The van der Waals surface area contributed by atoms with E-state index in [1.54, 1.807) is 4.90 Å². The Morgan fingerprint density at radius 3 is 2.95 bits per heavy atom. The number of amides is 1. The van der Waals surface area contributed by atoms with Crippen molar-refractivity contribution in [2.45, 2.75) is 18.9 Å². The number of aromatic nitrogens is 1. The van der Waals surface area contributed by atoms with E-state index in [1.165, 1.54) is 12.3 Å². The van der Waals surface area contributed by atoms with Gasteiger partial charge < -0.3 is 20.4 Å². The van der Waals surface area contributed by atoms with Crippen LogP contribution in [0.3, 0.4) is 0 Å². The topological polar surface area (TPSA) is 103 Å². The second-order valence-corrected chi connectivity index (χ2v) is 5.15. The molecule has 1 unspecified atom stereocenters. The van der Waals surface area contributed by atoms with E-state index in [-0.39, 0.29) is 28.9 Å². The molecule has 1 aliphatic heterocycles. The van der Waals surface area contributed by atoms with Gasteiger partial charge in [0.15, 0.2) is 0 Å². The van der Waals surface area contributed by atoms with Crippen molar-refractivity contribution >= 4 is 29.3 Å². The third kappa shape index (κ3) is 3.62. The maximum Gasteiger partial charge on any atom is 0.337 e. The maximum absolute atomic E-state index is 12.2. The second-order valence-electron chi connectivity index (χ2n) is 4.75. The number of nitrogens with one attached hydrogen (secondary N) is 1. The molecule has 0 spiro atoms. The first kappa shape index (κ1) is 15.5. The molecule has 1 atom stereocenters. The quantitative estimate of drug-likeness (QED) is 0.744. The van der Waals surface area contributed by atoms with Crippen LogP contribution in [0, 0.1) is 0 Å². The zero-order valence-corrected chi connectivity index (χ0v) is 12.0. The van der Waals surface area contributed by atoms with Crippen LogP contribution in [0.4, 0.5) is 5.82 Å². The molecule has 1 aromatic heterocycles. The first-order chi connectivity index (χ1) is 10.0. The van der Waals surface area contributed by atoms with Crippen LogP contribution in [0.1, 0.15) is 23.2 Å². The molecule has 3 N–H and O–H groups in total. The van der Waals surface area contributed by atoms with Crippen molar-refractivity contribution in [1.29, 1.82) is 0 Å². The lowest BCUT2D eigenvalue weighted by atomic mass is 10.0. The number of likely N-dealkylation sites (tertiary alicyclic amines) is 1. The lowest BCUT2D eigenvalue weighted by molar-refractivity contribution is -0.134. The number of carbonyl (C=O) groups is 2. The smallest absolute Gasteiger partial charge is 0.337 e. The van der Waals surface area contributed by atoms with E-state index in [0.717, 1.165) is 6.42 Å². The normalized spacial score (nSPS) is 18.7. The zero-order chi connectivity index (χ0) is 15.4. The summed E-state index contributed by atoms with van der Waals surface area (Å²) in [6.45, 7) is 0.845. The van der Waals surface area contributed by atoms with Crippen molar-refractivity contribution in [3.63, 3.8) is 0 Å². The molecule has 2 rings (SSSR count). The van der Waals surface area contributed by atoms with E-state index in [4.69, 9.17) is 21.8 Å². The average Bonchev–Trinajstić information content (AvgIpc) is 2.45. The van der Waals surface area contributed by atoms with E-state index in [0.29, 0.717) is 19.5 Å². The summed E-state index contributed by atoms with van der Waals surface area (Å²) in [6, 6.07) is 0.823. The van der Waals surface area contributed by atoms with Gasteiger partial charge in [0.25, 0.3) is 0 Å². The lowest BCUT2D eigenvalue weighted by Gasteiger charge is -2.32. The average molecular weight is 314 g/mol. The van der Waals surface area contributed by atoms with Crippen LogP contribution >= 0.6 is 11.6 Å². The summed E-state index contributed by atoms with van der Waals surface area (Å²) in [6.07, 6.45) is 2.64. The number of aliphatic hydroxyl groups excluding tert-OH is 1. The number of hydrogen-bond donors (Lipinski definition) is 3. The molecule has 1 saturated heterocycles. The number of rotatable bonds is 5. The molecule has 0 saturated carbocycles. The van der Waals surface area contributed by atoms with Gasteiger partial charge in [-0.05, 0) is 18.9 Å². The molecule has 1 fully saturated rings. The molecule has 0 aromatic carbocycles. The number of carbonyl (C=O) groups excluding carboxylic acids is 1. The van der Waals surface area contributed by atoms with Crippen molar-refractivity contribution in [3.05, 3.63) is 22.8 Å². The van der Waals surface area contributed by atoms with Crippen LogP contribution in [-0.2, 0) is 4.79 Å². The Bertz CT molecular complexity index is 550. The summed E-state index contributed by atoms with van der Waals surface area (Å²) < 4.78 is 0. The highest BCUT2D eigenvalue weighted by molar-refractivity contribution is 6.33. The van der Waals surface area contributed by atoms with E-state index in [2.05, 4.69) is 10.3 Å². The van der Waals surface area contributed by atoms with Crippen molar-refractivity contribution in [2.75, 3.05) is 25.0 Å². The Kier molecular flexibility index (Phi) is 4.98. The fraction of sp³-hybridized carbons (Fsp3) is 0.462. The number of anilines is 1. The minimum absolute atomic E-state index is 0.0116. The van der Waals surface area contributed by atoms with Gasteiger partial charge in [-0.3, -0.25) is 4.79 Å². The number of halogens is 1. The fourth-order valence-corrected chi connectivity index (χ4v) is 2.46. The number of carboxylic acids is 1. The van der Waals surface area contributed by atoms with Gasteiger partial charge in [0.05, 0.1) is 17.2 Å². The van der Waals surface area contributed by atoms with Gasteiger partial charge >= 0.3 is 5.97 Å². The highest BCUT2D eigenvalue weighted by Crippen LogP contribution is 2.23. The molecule has 2 heterocycles. The molecule has 21 heavy (non-hydrogen) atoms. The first-order valence-electron chi connectivity index (χ1n) is 6.58. The van der Waals surface area contributed by atoms with Gasteiger partial charge in [0.1, 0.15) is 11.9 Å². The largest absolute Gasteiger partial charge is 0.478 e. The summed E-state index contributed by atoms with van der Waals surface area (Å²) in [5, 5.41) is 20.9. The highest BCUT2D eigenvalue weighted by atomic mass is 35.5. The van der Waals surface area contributed by atoms with Gasteiger partial charge in [0.2, 0.25) is 5.91 Å². The predicted molar refractivity (Wildman–Crippen MR) is 76.5 cm³/mol. The van der Waals surface area contributed by atoms with Gasteiger partial charge in [-0.1, -0.05) is 11.6 Å². The van der Waals surface area contributed by atoms with Crippen LogP contribution in [0.2, 0.25) is 5.02 Å². The summed E-state index contributed by atoms with van der Waals surface area (Å²) in [5.41, 5.74) is -0.0116. The van der Waals surface area contributed by atoms with Crippen molar-refractivity contribution in [3.8, 4) is 0 Å². The Balaban J connectivity index is 2.10. The number of aromatic carboxylic acids is 1. The molecule has 114 valence electrons. The van der Waals surface area contributed by atoms with Crippen LogP contribution < -0.4 is 5.32 Å². The van der Waals surface area contributed by atoms with Crippen molar-refractivity contribution in [1.82, 2.24) is 9.88 Å². The number of carboxylic acid groups (broad SMARTS) is 1. The summed E-state index contributed by atoms with van der Waals surface area (Å²) in [5.74, 6) is -0.944. The molecule has 1 aliphatic rings. The SMILES string of the molecule is O=C(O)c1cnc(NC2CCCN(CCO)C2=O)c(Cl)c1. The van der Waals surface area contributed by atoms with Crippen molar-refractivity contribution < 1.29 is 19.8 Å². The Hall–Kier alpha value is -1.86. The molecule has 8 heteroatoms. The van der Waals surface area contributed by atoms with E-state index in [9.17, 15) is 9.59 Å². The van der Waals surface area contributed by atoms with Gasteiger partial charge in [0, 0.05) is 19.3 Å². The number of hydrogen-bond acceptors (Lipinski definition) is 5. The summed E-state index contributed by atoms with van der Waals surface area (Å²) in [7, 11) is 0. The van der Waals surface area contributed by atoms with Crippen LogP contribution in [0.25, 0.3) is 0 Å². The summed E-state index contributed by atoms with van der Waals surface area (Å²) in [4.78, 5) is 28.6. The third-order valence-corrected chi connectivity index (χ3v) is 3.59. The van der Waals surface area contributed by atoms with Crippen LogP contribution in [-0.4, -0.2) is 57.7 Å². The molecular weight excluding hydrogens is 298 g/mol. The predicted octanol–water partition coefficient (Wildman–Crippen LogP) is 0.828. The number of nitrogens with zero attached hydrogens (tertiary/aromatic N) is 2. The number of pyridine rings is 1. The first-order valence-corrected chi connectivity index (χ1v) is 6.95. The number of aliphatic hydroxyl groups is 1. The minimum Gasteiger partial charge on any atom is -0.478 e. The third-order valence-electron chi connectivity index (χ3n) is 3.30. The molecule has 0 aliphatic carbocycles.